The molecule has 0 fully saturated rings. The van der Waals surface area contributed by atoms with Gasteiger partial charge in [0.05, 0.1) is 0 Å². The van der Waals surface area contributed by atoms with Gasteiger partial charge in [0.25, 0.3) is 0 Å². The van der Waals surface area contributed by atoms with Crippen molar-refractivity contribution in [3.63, 3.8) is 0 Å². The van der Waals surface area contributed by atoms with E-state index >= 15 is 0 Å². The second-order valence-corrected chi connectivity index (χ2v) is 3.78. The zero-order valence-corrected chi connectivity index (χ0v) is 10.3. The molecule has 0 unspecified atom stereocenters. The van der Waals surface area contributed by atoms with Crippen molar-refractivity contribution in [3.05, 3.63) is 0 Å². The summed E-state index contributed by atoms with van der Waals surface area (Å²) in [7, 11) is 3.45. The van der Waals surface area contributed by atoms with Gasteiger partial charge in [0.1, 0.15) is 6.54 Å². The average molecular weight is 214 g/mol. The molecule has 0 saturated carbocycles. The van der Waals surface area contributed by atoms with Crippen molar-refractivity contribution in [2.45, 2.75) is 26.8 Å². The third-order valence-electron chi connectivity index (χ3n) is 1.64. The van der Waals surface area contributed by atoms with Gasteiger partial charge in [-0.25, -0.2) is 4.99 Å². The Balaban J connectivity index is 4.22. The van der Waals surface area contributed by atoms with E-state index in [4.69, 9.17) is 0 Å². The summed E-state index contributed by atoms with van der Waals surface area (Å²) < 4.78 is 0. The summed E-state index contributed by atoms with van der Waals surface area (Å²) in [5.74, 6) is 0.679. The van der Waals surface area contributed by atoms with E-state index in [1.807, 2.05) is 20.8 Å². The number of hydrogen-bond donors (Lipinski definition) is 2. The Morgan fingerprint density at radius 2 is 2.00 bits per heavy atom. The first kappa shape index (κ1) is 13.7. The van der Waals surface area contributed by atoms with Crippen LogP contribution in [0.5, 0.6) is 0 Å². The van der Waals surface area contributed by atoms with Crippen LogP contribution in [0.2, 0.25) is 0 Å². The lowest BCUT2D eigenvalue weighted by Crippen LogP contribution is -2.41. The Bertz CT molecular complexity index is 223. The highest BCUT2D eigenvalue weighted by Crippen LogP contribution is 1.83. The van der Waals surface area contributed by atoms with E-state index in [0.717, 1.165) is 6.54 Å². The molecule has 0 bridgehead atoms. The molecule has 0 aromatic heterocycles. The van der Waals surface area contributed by atoms with Crippen LogP contribution in [-0.2, 0) is 4.79 Å². The number of carbonyl (C=O) groups excluding carboxylic acids is 1. The Kier molecular flexibility index (Phi) is 6.49. The molecule has 0 aromatic rings. The van der Waals surface area contributed by atoms with Crippen molar-refractivity contribution in [3.8, 4) is 0 Å². The lowest BCUT2D eigenvalue weighted by Gasteiger charge is -2.14. The molecule has 0 atom stereocenters. The molecule has 5 heteroatoms. The maximum Gasteiger partial charge on any atom is 0.243 e. The van der Waals surface area contributed by atoms with Crippen molar-refractivity contribution in [2.75, 3.05) is 27.2 Å². The quantitative estimate of drug-likeness (QED) is 0.513. The third kappa shape index (κ3) is 6.76. The van der Waals surface area contributed by atoms with E-state index in [1.54, 1.807) is 14.1 Å². The van der Waals surface area contributed by atoms with Crippen LogP contribution in [0.4, 0.5) is 0 Å². The van der Waals surface area contributed by atoms with E-state index in [0.29, 0.717) is 12.0 Å². The van der Waals surface area contributed by atoms with Gasteiger partial charge in [0.2, 0.25) is 5.91 Å². The predicted molar refractivity (Wildman–Crippen MR) is 62.9 cm³/mol. The minimum atomic E-state index is -0.00374. The van der Waals surface area contributed by atoms with Gasteiger partial charge < -0.3 is 15.5 Å². The molecule has 0 aliphatic carbocycles. The molecule has 0 saturated heterocycles. The summed E-state index contributed by atoms with van der Waals surface area (Å²) in [5, 5.41) is 6.22. The van der Waals surface area contributed by atoms with Gasteiger partial charge in [-0.05, 0) is 20.8 Å². The fourth-order valence-corrected chi connectivity index (χ4v) is 0.882. The normalized spacial score (nSPS) is 11.5. The number of likely N-dealkylation sites (N-methyl/N-ethyl adjacent to an activating group) is 1. The summed E-state index contributed by atoms with van der Waals surface area (Å²) in [6.45, 7) is 7.01. The summed E-state index contributed by atoms with van der Waals surface area (Å²) >= 11 is 0. The predicted octanol–water partition coefficient (Wildman–Crippen LogP) is 0.0381. The van der Waals surface area contributed by atoms with Crippen LogP contribution in [-0.4, -0.2) is 50.0 Å². The highest BCUT2D eigenvalue weighted by molar-refractivity contribution is 5.84. The second kappa shape index (κ2) is 7.09. The van der Waals surface area contributed by atoms with Crippen LogP contribution >= 0.6 is 0 Å². The third-order valence-corrected chi connectivity index (χ3v) is 1.64. The number of rotatable bonds is 4. The Morgan fingerprint density at radius 3 is 2.40 bits per heavy atom. The van der Waals surface area contributed by atoms with E-state index < -0.39 is 0 Å². The van der Waals surface area contributed by atoms with Crippen LogP contribution in [0.25, 0.3) is 0 Å². The molecule has 5 nitrogen and oxygen atoms in total. The number of aliphatic imine (C=N–C) groups is 1. The van der Waals surface area contributed by atoms with Crippen LogP contribution in [0.1, 0.15) is 20.8 Å². The van der Waals surface area contributed by atoms with E-state index in [2.05, 4.69) is 15.6 Å². The van der Waals surface area contributed by atoms with E-state index in [1.165, 1.54) is 4.90 Å². The number of guanidine groups is 1. The molecule has 2 N–H and O–H groups in total. The molecule has 0 heterocycles. The molecule has 1 amide bonds. The van der Waals surface area contributed by atoms with Gasteiger partial charge >= 0.3 is 0 Å². The molecule has 88 valence electrons. The van der Waals surface area contributed by atoms with Gasteiger partial charge in [0.15, 0.2) is 5.96 Å². The topological polar surface area (TPSA) is 56.7 Å². The number of carbonyl (C=O) groups is 1. The number of amides is 1. The average Bonchev–Trinajstić information content (AvgIpc) is 2.13. The first-order valence-electron chi connectivity index (χ1n) is 5.22. The van der Waals surface area contributed by atoms with Gasteiger partial charge in [-0.2, -0.15) is 0 Å². The number of nitrogens with zero attached hydrogens (tertiary/aromatic N) is 2. The van der Waals surface area contributed by atoms with Crippen LogP contribution < -0.4 is 10.6 Å². The Morgan fingerprint density at radius 1 is 1.40 bits per heavy atom. The van der Waals surface area contributed by atoms with E-state index in [9.17, 15) is 4.79 Å². The molecule has 0 radical (unpaired) electrons. The van der Waals surface area contributed by atoms with E-state index in [-0.39, 0.29) is 12.5 Å². The minimum Gasteiger partial charge on any atom is -0.357 e. The minimum absolute atomic E-state index is 0.00374. The lowest BCUT2D eigenvalue weighted by molar-refractivity contribution is -0.127. The summed E-state index contributed by atoms with van der Waals surface area (Å²) in [6, 6.07) is 0.303. The molecule has 0 spiro atoms. The smallest absolute Gasteiger partial charge is 0.243 e. The SMILES string of the molecule is CCNC(=NCC(=O)N(C)C)NC(C)C. The van der Waals surface area contributed by atoms with Crippen LogP contribution in [0, 0.1) is 0 Å². The number of hydrogen-bond acceptors (Lipinski definition) is 2. The van der Waals surface area contributed by atoms with Crippen molar-refractivity contribution in [1.82, 2.24) is 15.5 Å². The molecular formula is C10H22N4O. The molecule has 0 aromatic carbocycles. The monoisotopic (exact) mass is 214 g/mol. The van der Waals surface area contributed by atoms with Gasteiger partial charge in [-0.3, -0.25) is 4.79 Å². The molecule has 15 heavy (non-hydrogen) atoms. The fraction of sp³-hybridized carbons (Fsp3) is 0.800. The maximum absolute atomic E-state index is 11.3. The highest BCUT2D eigenvalue weighted by Gasteiger charge is 2.04. The maximum atomic E-state index is 11.3. The summed E-state index contributed by atoms with van der Waals surface area (Å²) in [6.07, 6.45) is 0. The molecular weight excluding hydrogens is 192 g/mol. The van der Waals surface area contributed by atoms with Gasteiger partial charge in [-0.1, -0.05) is 0 Å². The zero-order valence-electron chi connectivity index (χ0n) is 10.3. The van der Waals surface area contributed by atoms with Gasteiger partial charge in [0, 0.05) is 26.7 Å². The van der Waals surface area contributed by atoms with Gasteiger partial charge in [-0.15, -0.1) is 0 Å². The van der Waals surface area contributed by atoms with Crippen LogP contribution in [0.3, 0.4) is 0 Å². The van der Waals surface area contributed by atoms with Crippen LogP contribution in [0.15, 0.2) is 4.99 Å². The summed E-state index contributed by atoms with van der Waals surface area (Å²) in [5.41, 5.74) is 0. The Hall–Kier alpha value is -1.26. The Labute approximate surface area is 91.9 Å². The zero-order chi connectivity index (χ0) is 11.8. The summed E-state index contributed by atoms with van der Waals surface area (Å²) in [4.78, 5) is 17.0. The standard InChI is InChI=1S/C10H22N4O/c1-6-11-10(13-8(2)3)12-7-9(15)14(4)5/h8H,6-7H2,1-5H3,(H2,11,12,13). The van der Waals surface area contributed by atoms with Crippen molar-refractivity contribution in [2.24, 2.45) is 4.99 Å². The molecule has 0 aliphatic heterocycles. The first-order valence-corrected chi connectivity index (χ1v) is 5.22. The highest BCUT2D eigenvalue weighted by atomic mass is 16.2. The number of nitrogens with one attached hydrogen (secondary N) is 2. The first-order chi connectivity index (χ1) is 6.97. The lowest BCUT2D eigenvalue weighted by atomic mass is 10.4. The van der Waals surface area contributed by atoms with Crippen molar-refractivity contribution in [1.29, 1.82) is 0 Å². The van der Waals surface area contributed by atoms with Crippen molar-refractivity contribution >= 4 is 11.9 Å². The molecule has 0 rings (SSSR count). The van der Waals surface area contributed by atoms with Crippen molar-refractivity contribution < 1.29 is 4.79 Å². The molecule has 0 aliphatic rings. The second-order valence-electron chi connectivity index (χ2n) is 3.78. The largest absolute Gasteiger partial charge is 0.357 e. The fourth-order valence-electron chi connectivity index (χ4n) is 0.882.